The summed E-state index contributed by atoms with van der Waals surface area (Å²) >= 11 is 0. The normalized spacial score (nSPS) is 24.9. The zero-order valence-electron chi connectivity index (χ0n) is 12.5. The number of aromatic nitrogens is 2. The van der Waals surface area contributed by atoms with Crippen molar-refractivity contribution in [3.05, 3.63) is 17.5 Å². The van der Waals surface area contributed by atoms with E-state index in [1.807, 2.05) is 6.92 Å². The van der Waals surface area contributed by atoms with Gasteiger partial charge in [0.15, 0.2) is 0 Å². The van der Waals surface area contributed by atoms with Gasteiger partial charge in [0.1, 0.15) is 5.60 Å². The topological polar surface area (TPSA) is 93.6 Å². The minimum absolute atomic E-state index is 0.232. The maximum atomic E-state index is 11.7. The number of rotatable bonds is 5. The number of hydrogen-bond acceptors (Lipinski definition) is 7. The summed E-state index contributed by atoms with van der Waals surface area (Å²) in [5, 5.41) is 13.4. The molecule has 1 aliphatic heterocycles. The number of carbonyl (C=O) groups excluding carboxylic acids is 1. The summed E-state index contributed by atoms with van der Waals surface area (Å²) in [7, 11) is 0. The van der Waals surface area contributed by atoms with E-state index in [1.54, 1.807) is 13.8 Å². The van der Waals surface area contributed by atoms with E-state index < -0.39 is 11.6 Å². The van der Waals surface area contributed by atoms with E-state index >= 15 is 0 Å². The number of aryl methyl sites for hydroxylation is 1. The summed E-state index contributed by atoms with van der Waals surface area (Å²) in [6.45, 7) is 6.45. The lowest BCUT2D eigenvalue weighted by molar-refractivity contribution is -0.0176. The lowest BCUT2D eigenvalue weighted by Crippen LogP contribution is -2.43. The Morgan fingerprint density at radius 1 is 1.67 bits per heavy atom. The molecule has 0 spiro atoms. The summed E-state index contributed by atoms with van der Waals surface area (Å²) in [5.41, 5.74) is -0.0378. The SMILES string of the molecule is CCOC(=O)c1cnc(NCC2(O)CCOC2C)nc1C. The molecule has 21 heavy (non-hydrogen) atoms. The lowest BCUT2D eigenvalue weighted by Gasteiger charge is -2.26. The Morgan fingerprint density at radius 3 is 3.00 bits per heavy atom. The van der Waals surface area contributed by atoms with Gasteiger partial charge in [0.2, 0.25) is 5.95 Å². The van der Waals surface area contributed by atoms with E-state index in [1.165, 1.54) is 6.20 Å². The van der Waals surface area contributed by atoms with Gasteiger partial charge in [-0.3, -0.25) is 0 Å². The van der Waals surface area contributed by atoms with Crippen molar-refractivity contribution in [3.8, 4) is 0 Å². The number of esters is 1. The molecule has 7 heteroatoms. The molecule has 0 aliphatic carbocycles. The summed E-state index contributed by atoms with van der Waals surface area (Å²) in [6, 6.07) is 0. The maximum absolute atomic E-state index is 11.7. The fourth-order valence-corrected chi connectivity index (χ4v) is 2.20. The third kappa shape index (κ3) is 3.48. The molecule has 1 aliphatic rings. The van der Waals surface area contributed by atoms with Gasteiger partial charge >= 0.3 is 5.97 Å². The van der Waals surface area contributed by atoms with Gasteiger partial charge < -0.3 is 19.9 Å². The van der Waals surface area contributed by atoms with E-state index in [4.69, 9.17) is 9.47 Å². The molecule has 1 aromatic heterocycles. The first-order valence-electron chi connectivity index (χ1n) is 7.05. The lowest BCUT2D eigenvalue weighted by atomic mass is 9.97. The van der Waals surface area contributed by atoms with Crippen molar-refractivity contribution in [2.24, 2.45) is 0 Å². The van der Waals surface area contributed by atoms with Crippen molar-refractivity contribution in [2.45, 2.75) is 38.9 Å². The predicted octanol–water partition coefficient (Wildman–Crippen LogP) is 0.914. The summed E-state index contributed by atoms with van der Waals surface area (Å²) < 4.78 is 10.3. The molecule has 2 atom stereocenters. The third-order valence-electron chi connectivity index (χ3n) is 3.69. The average molecular weight is 295 g/mol. The van der Waals surface area contributed by atoms with Crippen LogP contribution >= 0.6 is 0 Å². The second-order valence-corrected chi connectivity index (χ2v) is 5.13. The van der Waals surface area contributed by atoms with Crippen LogP contribution in [0.25, 0.3) is 0 Å². The average Bonchev–Trinajstić information content (AvgIpc) is 2.77. The second kappa shape index (κ2) is 6.36. The minimum atomic E-state index is -0.920. The molecule has 2 N–H and O–H groups in total. The highest BCUT2D eigenvalue weighted by atomic mass is 16.5. The van der Waals surface area contributed by atoms with Gasteiger partial charge in [-0.15, -0.1) is 0 Å². The molecule has 1 fully saturated rings. The van der Waals surface area contributed by atoms with E-state index in [2.05, 4.69) is 15.3 Å². The Labute approximate surface area is 123 Å². The van der Waals surface area contributed by atoms with Crippen LogP contribution in [-0.4, -0.2) is 52.5 Å². The Bertz CT molecular complexity index is 523. The molecule has 1 saturated heterocycles. The first-order valence-corrected chi connectivity index (χ1v) is 7.05. The maximum Gasteiger partial charge on any atom is 0.341 e. The molecular weight excluding hydrogens is 274 g/mol. The molecule has 0 aromatic carbocycles. The van der Waals surface area contributed by atoms with Gasteiger partial charge in [-0.05, 0) is 20.8 Å². The Morgan fingerprint density at radius 2 is 2.43 bits per heavy atom. The Hall–Kier alpha value is -1.73. The number of nitrogens with zero attached hydrogens (tertiary/aromatic N) is 2. The molecule has 7 nitrogen and oxygen atoms in total. The summed E-state index contributed by atoms with van der Waals surface area (Å²) in [4.78, 5) is 20.0. The highest BCUT2D eigenvalue weighted by molar-refractivity contribution is 5.90. The largest absolute Gasteiger partial charge is 0.462 e. The Kier molecular flexibility index (Phi) is 4.74. The molecule has 2 rings (SSSR count). The third-order valence-corrected chi connectivity index (χ3v) is 3.69. The van der Waals surface area contributed by atoms with Crippen LogP contribution in [0.5, 0.6) is 0 Å². The number of nitrogens with one attached hydrogen (secondary N) is 1. The first kappa shape index (κ1) is 15.7. The molecule has 116 valence electrons. The van der Waals surface area contributed by atoms with E-state index in [0.717, 1.165) is 0 Å². The van der Waals surface area contributed by atoms with E-state index in [-0.39, 0.29) is 6.10 Å². The van der Waals surface area contributed by atoms with Crippen LogP contribution in [0.4, 0.5) is 5.95 Å². The molecule has 2 unspecified atom stereocenters. The zero-order valence-corrected chi connectivity index (χ0v) is 12.5. The van der Waals surface area contributed by atoms with Gasteiger partial charge in [0.25, 0.3) is 0 Å². The van der Waals surface area contributed by atoms with Crippen LogP contribution in [-0.2, 0) is 9.47 Å². The van der Waals surface area contributed by atoms with Gasteiger partial charge in [-0.25, -0.2) is 14.8 Å². The number of ether oxygens (including phenoxy) is 2. The van der Waals surface area contributed by atoms with E-state index in [0.29, 0.717) is 43.4 Å². The summed E-state index contributed by atoms with van der Waals surface area (Å²) in [5.74, 6) is -0.0638. The first-order chi connectivity index (χ1) is 9.96. The van der Waals surface area contributed by atoms with Crippen molar-refractivity contribution >= 4 is 11.9 Å². The number of anilines is 1. The second-order valence-electron chi connectivity index (χ2n) is 5.13. The van der Waals surface area contributed by atoms with Crippen LogP contribution in [0, 0.1) is 6.92 Å². The summed E-state index contributed by atoms with van der Waals surface area (Å²) in [6.07, 6.45) is 1.77. The minimum Gasteiger partial charge on any atom is -0.462 e. The number of aliphatic hydroxyl groups is 1. The van der Waals surface area contributed by atoms with Crippen LogP contribution in [0.2, 0.25) is 0 Å². The van der Waals surface area contributed by atoms with Crippen molar-refractivity contribution < 1.29 is 19.4 Å². The quantitative estimate of drug-likeness (QED) is 0.780. The highest BCUT2D eigenvalue weighted by Gasteiger charge is 2.39. The van der Waals surface area contributed by atoms with Gasteiger partial charge in [-0.1, -0.05) is 0 Å². The van der Waals surface area contributed by atoms with Crippen LogP contribution in [0.3, 0.4) is 0 Å². The van der Waals surface area contributed by atoms with Crippen molar-refractivity contribution in [1.82, 2.24) is 9.97 Å². The fraction of sp³-hybridized carbons (Fsp3) is 0.643. The van der Waals surface area contributed by atoms with Crippen molar-refractivity contribution in [1.29, 1.82) is 0 Å². The highest BCUT2D eigenvalue weighted by Crippen LogP contribution is 2.25. The van der Waals surface area contributed by atoms with Gasteiger partial charge in [0, 0.05) is 25.8 Å². The molecule has 2 heterocycles. The van der Waals surface area contributed by atoms with Gasteiger partial charge in [-0.2, -0.15) is 0 Å². The number of carbonyl (C=O) groups is 1. The molecule has 0 amide bonds. The Balaban J connectivity index is 2.02. The fourth-order valence-electron chi connectivity index (χ4n) is 2.20. The standard InChI is InChI=1S/C14H21N3O4/c1-4-20-12(18)11-7-15-13(17-9(11)2)16-8-14(19)5-6-21-10(14)3/h7,10,19H,4-6,8H2,1-3H3,(H,15,16,17). The molecule has 1 aromatic rings. The molecular formula is C14H21N3O4. The van der Waals surface area contributed by atoms with Crippen LogP contribution < -0.4 is 5.32 Å². The zero-order chi connectivity index (χ0) is 15.5. The molecule has 0 saturated carbocycles. The van der Waals surface area contributed by atoms with Crippen molar-refractivity contribution in [3.63, 3.8) is 0 Å². The molecule has 0 bridgehead atoms. The van der Waals surface area contributed by atoms with Crippen LogP contribution in [0.15, 0.2) is 6.20 Å². The van der Waals surface area contributed by atoms with Crippen LogP contribution in [0.1, 0.15) is 36.3 Å². The monoisotopic (exact) mass is 295 g/mol. The smallest absolute Gasteiger partial charge is 0.341 e. The predicted molar refractivity (Wildman–Crippen MR) is 76.2 cm³/mol. The van der Waals surface area contributed by atoms with E-state index in [9.17, 15) is 9.90 Å². The van der Waals surface area contributed by atoms with Gasteiger partial charge in [0.05, 0.1) is 24.0 Å². The molecule has 0 radical (unpaired) electrons. The number of hydrogen-bond donors (Lipinski definition) is 2. The van der Waals surface area contributed by atoms with Crippen molar-refractivity contribution in [2.75, 3.05) is 25.1 Å².